The zero-order chi connectivity index (χ0) is 12.3. The normalized spacial score (nSPS) is 17.1. The summed E-state index contributed by atoms with van der Waals surface area (Å²) in [7, 11) is 0. The molecule has 1 unspecified atom stereocenters. The first-order valence-electron chi connectivity index (χ1n) is 4.65. The van der Waals surface area contributed by atoms with E-state index < -0.39 is 18.2 Å². The Morgan fingerprint density at radius 1 is 1.18 bits per heavy atom. The lowest BCUT2D eigenvalue weighted by atomic mass is 10.3. The van der Waals surface area contributed by atoms with Gasteiger partial charge in [0.25, 0.3) is 0 Å². The molecule has 17 heavy (non-hydrogen) atoms. The molecule has 1 aromatic carbocycles. The van der Waals surface area contributed by atoms with E-state index in [4.69, 9.17) is 9.62 Å². The summed E-state index contributed by atoms with van der Waals surface area (Å²) in [5.74, 6) is -1.14. The predicted octanol–water partition coefficient (Wildman–Crippen LogP) is 0.737. The van der Waals surface area contributed by atoms with E-state index in [1.54, 1.807) is 24.3 Å². The number of benzene rings is 1. The quantitative estimate of drug-likeness (QED) is 0.528. The Morgan fingerprint density at radius 3 is 2.59 bits per heavy atom. The number of hydrogen-bond acceptors (Lipinski definition) is 7. The zero-order valence-electron chi connectivity index (χ0n) is 8.74. The Balaban J connectivity index is 1.97. The molecule has 0 N–H and O–H groups in total. The molecule has 90 valence electrons. The lowest BCUT2D eigenvalue weighted by molar-refractivity contribution is -0.330. The van der Waals surface area contributed by atoms with Gasteiger partial charge in [0.05, 0.1) is 0 Å². The average molecular weight is 240 g/mol. The van der Waals surface area contributed by atoms with E-state index in [2.05, 4.69) is 14.7 Å². The summed E-state index contributed by atoms with van der Waals surface area (Å²) in [6, 6.07) is 6.60. The van der Waals surface area contributed by atoms with E-state index >= 15 is 0 Å². The van der Waals surface area contributed by atoms with Gasteiger partial charge in [-0.2, -0.15) is 0 Å². The second-order valence-corrected chi connectivity index (χ2v) is 3.05. The fraction of sp³-hybridized carbons (Fsp3) is 0.200. The van der Waals surface area contributed by atoms with Crippen LogP contribution in [0.25, 0.3) is 0 Å². The van der Waals surface area contributed by atoms with Crippen LogP contribution in [0, 0.1) is 0 Å². The summed E-state index contributed by atoms with van der Waals surface area (Å²) in [5.41, 5.74) is 0. The number of rotatable bonds is 1. The highest BCUT2D eigenvalue weighted by Crippen LogP contribution is 2.31. The topological polar surface area (TPSA) is 80.3 Å². The minimum Gasteiger partial charge on any atom is -0.447 e. The number of fused-ring (bicyclic) bond motifs is 1. The van der Waals surface area contributed by atoms with Crippen molar-refractivity contribution in [2.75, 3.05) is 0 Å². The second kappa shape index (κ2) is 4.71. The molecule has 0 saturated carbocycles. The van der Waals surface area contributed by atoms with Crippen LogP contribution in [-0.2, 0) is 24.3 Å². The predicted molar refractivity (Wildman–Crippen MR) is 50.4 cm³/mol. The molecule has 1 aliphatic heterocycles. The minimum absolute atomic E-state index is 0.323. The third-order valence-corrected chi connectivity index (χ3v) is 1.74. The van der Waals surface area contributed by atoms with Crippen LogP contribution in [0.5, 0.6) is 11.5 Å². The molecule has 0 bridgehead atoms. The summed E-state index contributed by atoms with van der Waals surface area (Å²) in [6.45, 7) is 1.08. The first-order chi connectivity index (χ1) is 8.16. The summed E-state index contributed by atoms with van der Waals surface area (Å²) in [6.07, 6.45) is -1.44. The van der Waals surface area contributed by atoms with E-state index in [0.29, 0.717) is 11.5 Å². The van der Waals surface area contributed by atoms with Gasteiger partial charge in [-0.05, 0) is 12.1 Å². The van der Waals surface area contributed by atoms with Crippen LogP contribution in [0.3, 0.4) is 0 Å². The molecule has 1 aliphatic rings. The number of para-hydroxylation sites is 2. The van der Waals surface area contributed by atoms with Crippen molar-refractivity contribution in [2.24, 2.45) is 0 Å². The third-order valence-electron chi connectivity index (χ3n) is 1.74. The highest BCUT2D eigenvalue weighted by Gasteiger charge is 2.32. The average Bonchev–Trinajstić information content (AvgIpc) is 2.35. The van der Waals surface area contributed by atoms with Gasteiger partial charge in [0.15, 0.2) is 5.75 Å². The van der Waals surface area contributed by atoms with E-state index in [9.17, 15) is 9.59 Å². The maximum Gasteiger partial charge on any atom is 0.427 e. The monoisotopic (exact) mass is 240 g/mol. The van der Waals surface area contributed by atoms with Crippen molar-refractivity contribution in [3.63, 3.8) is 0 Å². The van der Waals surface area contributed by atoms with E-state index in [1.165, 1.54) is 0 Å². The van der Waals surface area contributed by atoms with Crippen molar-refractivity contribution >= 4 is 11.9 Å². The molecule has 1 aromatic rings. The van der Waals surface area contributed by atoms with Gasteiger partial charge in [-0.15, -0.1) is 4.89 Å². The van der Waals surface area contributed by atoms with Crippen LogP contribution < -0.4 is 9.62 Å². The number of carbonyl (C=O) groups excluding carboxylic acids is 2. The van der Waals surface area contributed by atoms with Gasteiger partial charge in [0.1, 0.15) is 0 Å². The van der Waals surface area contributed by atoms with Crippen LogP contribution in [0.1, 0.15) is 6.92 Å². The maximum absolute atomic E-state index is 11.3. The third kappa shape index (κ3) is 2.64. The smallest absolute Gasteiger partial charge is 0.427 e. The van der Waals surface area contributed by atoms with Crippen molar-refractivity contribution < 1.29 is 33.9 Å². The highest BCUT2D eigenvalue weighted by atomic mass is 17.3. The molecule has 7 heteroatoms. The van der Waals surface area contributed by atoms with E-state index in [1.807, 2.05) is 0 Å². The molecular formula is C10H8O7. The van der Waals surface area contributed by atoms with Crippen LogP contribution in [0.15, 0.2) is 24.3 Å². The van der Waals surface area contributed by atoms with E-state index in [0.717, 1.165) is 6.92 Å². The molecular weight excluding hydrogens is 232 g/mol. The molecule has 2 rings (SSSR count). The van der Waals surface area contributed by atoms with E-state index in [-0.39, 0.29) is 0 Å². The van der Waals surface area contributed by atoms with Crippen molar-refractivity contribution in [2.45, 2.75) is 13.2 Å². The van der Waals surface area contributed by atoms with Crippen molar-refractivity contribution in [1.29, 1.82) is 0 Å². The van der Waals surface area contributed by atoms with Crippen molar-refractivity contribution in [1.82, 2.24) is 0 Å². The van der Waals surface area contributed by atoms with Gasteiger partial charge in [-0.25, -0.2) is 19.4 Å². The van der Waals surface area contributed by atoms with Crippen molar-refractivity contribution in [3.8, 4) is 11.5 Å². The first kappa shape index (κ1) is 11.2. The summed E-state index contributed by atoms with van der Waals surface area (Å²) in [4.78, 5) is 39.3. The second-order valence-electron chi connectivity index (χ2n) is 3.05. The molecule has 0 amide bonds. The summed E-state index contributed by atoms with van der Waals surface area (Å²) in [5, 5.41) is 0. The Hall–Kier alpha value is -2.28. The molecule has 1 atom stereocenters. The number of ether oxygens (including phenoxy) is 1. The Bertz CT molecular complexity index is 442. The molecule has 0 saturated heterocycles. The highest BCUT2D eigenvalue weighted by molar-refractivity contribution is 5.75. The van der Waals surface area contributed by atoms with Crippen LogP contribution in [0.2, 0.25) is 0 Å². The standard InChI is InChI=1S/C10H8O7/c1-6(11)14-16-9(12)10-13-7-4-2-3-5-8(7)15-17-10/h2-5,10H,1H3. The first-order valence-corrected chi connectivity index (χ1v) is 4.65. The fourth-order valence-electron chi connectivity index (χ4n) is 1.07. The molecule has 0 aromatic heterocycles. The van der Waals surface area contributed by atoms with Crippen LogP contribution in [-0.4, -0.2) is 18.2 Å². The van der Waals surface area contributed by atoms with Gasteiger partial charge in [0, 0.05) is 6.92 Å². The molecule has 0 fully saturated rings. The minimum atomic E-state index is -1.44. The fourth-order valence-corrected chi connectivity index (χ4v) is 1.07. The molecule has 0 radical (unpaired) electrons. The Labute approximate surface area is 95.6 Å². The number of carbonyl (C=O) groups is 2. The molecule has 0 spiro atoms. The lowest BCUT2D eigenvalue weighted by Gasteiger charge is -2.22. The summed E-state index contributed by atoms with van der Waals surface area (Å²) < 4.78 is 5.11. The van der Waals surface area contributed by atoms with Crippen LogP contribution >= 0.6 is 0 Å². The molecule has 1 heterocycles. The molecule has 7 nitrogen and oxygen atoms in total. The largest absolute Gasteiger partial charge is 0.447 e. The van der Waals surface area contributed by atoms with Crippen molar-refractivity contribution in [3.05, 3.63) is 24.3 Å². The zero-order valence-corrected chi connectivity index (χ0v) is 8.74. The van der Waals surface area contributed by atoms with Gasteiger partial charge >= 0.3 is 18.2 Å². The Morgan fingerprint density at radius 2 is 1.88 bits per heavy atom. The maximum atomic E-state index is 11.3. The SMILES string of the molecule is CC(=O)OOC(=O)C1OOc2ccccc2O1. The van der Waals surface area contributed by atoms with Gasteiger partial charge < -0.3 is 9.62 Å². The molecule has 0 aliphatic carbocycles. The van der Waals surface area contributed by atoms with Gasteiger partial charge in [-0.1, -0.05) is 12.1 Å². The lowest BCUT2D eigenvalue weighted by Crippen LogP contribution is -2.36. The summed E-state index contributed by atoms with van der Waals surface area (Å²) >= 11 is 0. The van der Waals surface area contributed by atoms with Gasteiger partial charge in [0.2, 0.25) is 5.75 Å². The number of hydrogen-bond donors (Lipinski definition) is 0. The van der Waals surface area contributed by atoms with Crippen LogP contribution in [0.4, 0.5) is 0 Å². The van der Waals surface area contributed by atoms with Gasteiger partial charge in [-0.3, -0.25) is 0 Å². The Kier molecular flexibility index (Phi) is 3.10.